The van der Waals surface area contributed by atoms with Crippen molar-refractivity contribution in [2.75, 3.05) is 10.7 Å². The zero-order chi connectivity index (χ0) is 14.3. The summed E-state index contributed by atoms with van der Waals surface area (Å²) in [5.74, 6) is 4.29. The molecule has 1 saturated carbocycles. The van der Waals surface area contributed by atoms with Crippen LogP contribution in [0.25, 0.3) is 0 Å². The van der Waals surface area contributed by atoms with Gasteiger partial charge < -0.3 is 5.32 Å². The average molecular weight is 278 g/mol. The van der Waals surface area contributed by atoms with Gasteiger partial charge in [-0.25, -0.2) is 10.8 Å². The monoisotopic (exact) mass is 278 g/mol. The summed E-state index contributed by atoms with van der Waals surface area (Å²) in [4.78, 5) is 16.9. The predicted octanol–water partition coefficient (Wildman–Crippen LogP) is 1.18. The Morgan fingerprint density at radius 2 is 2.11 bits per heavy atom. The number of nitrogens with zero attached hydrogens (tertiary/aromatic N) is 3. The second kappa shape index (κ2) is 4.19. The Morgan fingerprint density at radius 1 is 1.47 bits per heavy atom. The van der Waals surface area contributed by atoms with Gasteiger partial charge in [-0.1, -0.05) is 0 Å². The lowest BCUT2D eigenvalue weighted by atomic mass is 10.2. The number of hydrogen-bond donors (Lipinski definition) is 3. The van der Waals surface area contributed by atoms with Crippen LogP contribution in [-0.2, 0) is 0 Å². The third-order valence-corrected chi connectivity index (χ3v) is 2.75. The van der Waals surface area contributed by atoms with Gasteiger partial charge in [0, 0.05) is 0 Å². The molecule has 0 spiro atoms. The van der Waals surface area contributed by atoms with Crippen LogP contribution in [0.5, 0.6) is 0 Å². The Bertz CT molecular complexity index is 516. The molecule has 11 heteroatoms. The lowest BCUT2D eigenvalue weighted by Gasteiger charge is -2.21. The van der Waals surface area contributed by atoms with Gasteiger partial charge in [0.1, 0.15) is 11.7 Å². The van der Waals surface area contributed by atoms with Crippen molar-refractivity contribution in [3.05, 3.63) is 16.3 Å². The van der Waals surface area contributed by atoms with Gasteiger partial charge in [0.25, 0.3) is 0 Å². The molecule has 0 atom stereocenters. The molecule has 8 nitrogen and oxygen atoms in total. The van der Waals surface area contributed by atoms with Crippen LogP contribution in [0.4, 0.5) is 30.6 Å². The first-order chi connectivity index (χ1) is 8.79. The molecular weight excluding hydrogens is 269 g/mol. The highest BCUT2D eigenvalue weighted by Gasteiger charge is 2.64. The van der Waals surface area contributed by atoms with E-state index in [-0.39, 0.29) is 18.8 Å². The minimum Gasteiger partial charge on any atom is -0.350 e. The Kier molecular flexibility index (Phi) is 2.92. The number of anilines is 2. The fourth-order valence-electron chi connectivity index (χ4n) is 1.50. The SMILES string of the molecule is NNc1ncc([N+](=O)[O-])c(NC2(C(F)(F)F)CC2)n1. The van der Waals surface area contributed by atoms with Crippen LogP contribution in [-0.4, -0.2) is 26.6 Å². The van der Waals surface area contributed by atoms with Crippen molar-refractivity contribution in [1.82, 2.24) is 9.97 Å². The minimum atomic E-state index is -4.51. The van der Waals surface area contributed by atoms with E-state index in [0.29, 0.717) is 0 Å². The number of aromatic nitrogens is 2. The van der Waals surface area contributed by atoms with Crippen molar-refractivity contribution in [2.24, 2.45) is 5.84 Å². The number of hydrogen-bond acceptors (Lipinski definition) is 7. The molecule has 0 amide bonds. The zero-order valence-electron chi connectivity index (χ0n) is 9.36. The number of nitrogen functional groups attached to an aromatic ring is 1. The Hall–Kier alpha value is -2.17. The molecule has 1 fully saturated rings. The van der Waals surface area contributed by atoms with Crippen LogP contribution >= 0.6 is 0 Å². The van der Waals surface area contributed by atoms with Crippen LogP contribution in [0.2, 0.25) is 0 Å². The molecule has 1 aromatic rings. The molecule has 1 heterocycles. The van der Waals surface area contributed by atoms with E-state index in [4.69, 9.17) is 5.84 Å². The molecule has 1 aliphatic carbocycles. The summed E-state index contributed by atoms with van der Waals surface area (Å²) >= 11 is 0. The first kappa shape index (κ1) is 13.3. The van der Waals surface area contributed by atoms with Gasteiger partial charge in [0.05, 0.1) is 4.92 Å². The van der Waals surface area contributed by atoms with E-state index in [9.17, 15) is 23.3 Å². The average Bonchev–Trinajstić information content (AvgIpc) is 3.08. The van der Waals surface area contributed by atoms with E-state index in [1.807, 2.05) is 5.43 Å². The van der Waals surface area contributed by atoms with Crippen molar-refractivity contribution in [3.63, 3.8) is 0 Å². The largest absolute Gasteiger partial charge is 0.411 e. The molecule has 104 valence electrons. The molecular formula is C8H9F3N6O2. The standard InChI is InChI=1S/C8H9F3N6O2/c9-8(10,11)7(1-2-7)15-5-4(17(18)19)3-13-6(14-5)16-12/h3H,1-2,12H2,(H2,13,14,15,16). The number of nitrogens with one attached hydrogen (secondary N) is 2. The van der Waals surface area contributed by atoms with Crippen molar-refractivity contribution < 1.29 is 18.1 Å². The molecule has 4 N–H and O–H groups in total. The molecule has 1 aromatic heterocycles. The van der Waals surface area contributed by atoms with E-state index < -0.39 is 28.1 Å². The number of hydrazine groups is 1. The van der Waals surface area contributed by atoms with Crippen LogP contribution in [0, 0.1) is 10.1 Å². The minimum absolute atomic E-state index is 0.164. The van der Waals surface area contributed by atoms with E-state index in [0.717, 1.165) is 6.20 Å². The highest BCUT2D eigenvalue weighted by atomic mass is 19.4. The molecule has 1 aliphatic rings. The van der Waals surface area contributed by atoms with Crippen molar-refractivity contribution in [2.45, 2.75) is 24.6 Å². The fraction of sp³-hybridized carbons (Fsp3) is 0.500. The van der Waals surface area contributed by atoms with E-state index in [1.165, 1.54) is 0 Å². The highest BCUT2D eigenvalue weighted by molar-refractivity contribution is 5.59. The summed E-state index contributed by atoms with van der Waals surface area (Å²) in [6.45, 7) is 0. The van der Waals surface area contributed by atoms with Crippen molar-refractivity contribution >= 4 is 17.5 Å². The first-order valence-corrected chi connectivity index (χ1v) is 5.12. The molecule has 0 saturated heterocycles. The highest BCUT2D eigenvalue weighted by Crippen LogP contribution is 2.51. The summed E-state index contributed by atoms with van der Waals surface area (Å²) < 4.78 is 38.3. The number of nitrogens with two attached hydrogens (primary N) is 1. The van der Waals surface area contributed by atoms with Gasteiger partial charge in [0.15, 0.2) is 0 Å². The van der Waals surface area contributed by atoms with Crippen molar-refractivity contribution in [1.29, 1.82) is 0 Å². The van der Waals surface area contributed by atoms with Crippen LogP contribution in [0.3, 0.4) is 0 Å². The molecule has 0 unspecified atom stereocenters. The quantitative estimate of drug-likeness (QED) is 0.429. The number of alkyl halides is 3. The van der Waals surface area contributed by atoms with E-state index in [1.54, 1.807) is 0 Å². The molecule has 19 heavy (non-hydrogen) atoms. The topological polar surface area (TPSA) is 119 Å². The lowest BCUT2D eigenvalue weighted by molar-refractivity contribution is -0.384. The van der Waals surface area contributed by atoms with Gasteiger partial charge in [-0.05, 0) is 12.8 Å². The Morgan fingerprint density at radius 3 is 2.53 bits per heavy atom. The fourth-order valence-corrected chi connectivity index (χ4v) is 1.50. The van der Waals surface area contributed by atoms with Gasteiger partial charge >= 0.3 is 11.9 Å². The third-order valence-electron chi connectivity index (χ3n) is 2.75. The smallest absolute Gasteiger partial charge is 0.350 e. The van der Waals surface area contributed by atoms with Crippen molar-refractivity contribution in [3.8, 4) is 0 Å². The summed E-state index contributed by atoms with van der Waals surface area (Å²) in [7, 11) is 0. The predicted molar refractivity (Wildman–Crippen MR) is 58.1 cm³/mol. The first-order valence-electron chi connectivity index (χ1n) is 5.12. The second-order valence-corrected chi connectivity index (χ2v) is 4.03. The molecule has 0 aromatic carbocycles. The maximum absolute atomic E-state index is 12.8. The summed E-state index contributed by atoms with van der Waals surface area (Å²) in [6, 6.07) is 0. The Labute approximate surface area is 104 Å². The lowest BCUT2D eigenvalue weighted by Crippen LogP contribution is -2.39. The molecule has 0 bridgehead atoms. The summed E-state index contributed by atoms with van der Waals surface area (Å²) in [6.07, 6.45) is -4.05. The summed E-state index contributed by atoms with van der Waals surface area (Å²) in [5, 5.41) is 12.8. The van der Waals surface area contributed by atoms with Gasteiger partial charge in [-0.3, -0.25) is 15.5 Å². The normalized spacial score (nSPS) is 16.8. The van der Waals surface area contributed by atoms with E-state index in [2.05, 4.69) is 15.3 Å². The molecule has 0 aliphatic heterocycles. The van der Waals surface area contributed by atoms with Gasteiger partial charge in [-0.15, -0.1) is 0 Å². The summed E-state index contributed by atoms with van der Waals surface area (Å²) in [5.41, 5.74) is -0.786. The maximum Gasteiger partial charge on any atom is 0.411 e. The number of nitro groups is 1. The van der Waals surface area contributed by atoms with E-state index >= 15 is 0 Å². The van der Waals surface area contributed by atoms with Gasteiger partial charge in [0.2, 0.25) is 11.8 Å². The van der Waals surface area contributed by atoms with Crippen LogP contribution in [0.1, 0.15) is 12.8 Å². The van der Waals surface area contributed by atoms with Crippen LogP contribution < -0.4 is 16.6 Å². The van der Waals surface area contributed by atoms with Crippen LogP contribution in [0.15, 0.2) is 6.20 Å². The van der Waals surface area contributed by atoms with Gasteiger partial charge in [-0.2, -0.15) is 18.2 Å². The second-order valence-electron chi connectivity index (χ2n) is 4.03. The number of rotatable bonds is 4. The molecule has 0 radical (unpaired) electrons. The molecule has 2 rings (SSSR count). The Balaban J connectivity index is 2.36. The number of halogens is 3. The zero-order valence-corrected chi connectivity index (χ0v) is 9.36. The maximum atomic E-state index is 12.8. The third kappa shape index (κ3) is 2.36.